The first kappa shape index (κ1) is 16.3. The number of carbonyl (C=O) groups excluding carboxylic acids is 1. The zero-order valence-electron chi connectivity index (χ0n) is 12.5. The first-order valence-electron chi connectivity index (χ1n) is 6.37. The van der Waals surface area contributed by atoms with Gasteiger partial charge in [-0.1, -0.05) is 20.8 Å². The molecule has 0 spiro atoms. The summed E-state index contributed by atoms with van der Waals surface area (Å²) >= 11 is 0. The predicted octanol–water partition coefficient (Wildman–Crippen LogP) is 3.15. The highest BCUT2D eigenvalue weighted by atomic mass is 28.4. The van der Waals surface area contributed by atoms with Crippen molar-refractivity contribution < 1.29 is 23.1 Å². The average Bonchev–Trinajstić information content (AvgIpc) is 2.54. The molecule has 0 amide bonds. The maximum Gasteiger partial charge on any atom is 0.305 e. The molecule has 1 heterocycles. The van der Waals surface area contributed by atoms with Crippen LogP contribution in [0.3, 0.4) is 0 Å². The van der Waals surface area contributed by atoms with Crippen LogP contribution in [0.5, 0.6) is 0 Å². The van der Waals surface area contributed by atoms with Crippen LogP contribution in [-0.4, -0.2) is 33.3 Å². The van der Waals surface area contributed by atoms with Gasteiger partial charge in [-0.05, 0) is 24.2 Å². The third-order valence-electron chi connectivity index (χ3n) is 3.56. The van der Waals surface area contributed by atoms with Crippen LogP contribution in [0.15, 0.2) is 11.9 Å². The number of hydrogen-bond acceptors (Lipinski definition) is 4. The summed E-state index contributed by atoms with van der Waals surface area (Å²) in [7, 11) is -1.89. The molecular formula is C13H23FO4Si. The predicted molar refractivity (Wildman–Crippen MR) is 72.8 cm³/mol. The first-order chi connectivity index (χ1) is 8.53. The van der Waals surface area contributed by atoms with E-state index in [1.165, 1.54) is 13.0 Å². The highest BCUT2D eigenvalue weighted by molar-refractivity contribution is 6.74. The smallest absolute Gasteiger partial charge is 0.305 e. The topological polar surface area (TPSA) is 44.8 Å². The summed E-state index contributed by atoms with van der Waals surface area (Å²) in [6.07, 6.45) is -0.412. The Bertz CT molecular complexity index is 373. The lowest BCUT2D eigenvalue weighted by atomic mass is 10.2. The number of carbonyl (C=O) groups is 1. The third-order valence-corrected chi connectivity index (χ3v) is 8.06. The number of halogens is 1. The summed E-state index contributed by atoms with van der Waals surface area (Å²) in [6.45, 7) is 12.1. The van der Waals surface area contributed by atoms with Crippen molar-refractivity contribution in [2.24, 2.45) is 0 Å². The van der Waals surface area contributed by atoms with Crippen molar-refractivity contribution in [2.45, 2.75) is 58.2 Å². The second kappa shape index (κ2) is 5.72. The molecule has 0 saturated heterocycles. The van der Waals surface area contributed by atoms with Gasteiger partial charge in [-0.15, -0.1) is 0 Å². The van der Waals surface area contributed by atoms with Gasteiger partial charge in [0.05, 0.1) is 6.61 Å². The van der Waals surface area contributed by atoms with Gasteiger partial charge in [0.15, 0.2) is 14.1 Å². The largest absolute Gasteiger partial charge is 0.429 e. The van der Waals surface area contributed by atoms with Crippen LogP contribution >= 0.6 is 0 Å². The molecule has 0 saturated carbocycles. The van der Waals surface area contributed by atoms with Crippen LogP contribution in [0, 0.1) is 0 Å². The normalized spacial score (nSPS) is 24.3. The maximum absolute atomic E-state index is 13.5. The zero-order chi connectivity index (χ0) is 14.8. The van der Waals surface area contributed by atoms with E-state index in [-0.39, 0.29) is 11.6 Å². The van der Waals surface area contributed by atoms with Crippen LogP contribution in [-0.2, 0) is 18.7 Å². The van der Waals surface area contributed by atoms with Gasteiger partial charge in [0, 0.05) is 6.92 Å². The SMILES string of the molecule is CC(=O)OC1O[C@@H](CO[Si](C)(C)C(C)(C)C)C=C1F. The number of ether oxygens (including phenoxy) is 2. The van der Waals surface area contributed by atoms with E-state index in [2.05, 4.69) is 33.9 Å². The second-order valence-electron chi connectivity index (χ2n) is 6.24. The van der Waals surface area contributed by atoms with E-state index in [0.717, 1.165) is 0 Å². The minimum atomic E-state index is -1.89. The Morgan fingerprint density at radius 1 is 1.47 bits per heavy atom. The molecular weight excluding hydrogens is 267 g/mol. The molecule has 0 aliphatic carbocycles. The lowest BCUT2D eigenvalue weighted by Crippen LogP contribution is -2.42. The highest BCUT2D eigenvalue weighted by Crippen LogP contribution is 2.37. The summed E-state index contributed by atoms with van der Waals surface area (Å²) in [5.41, 5.74) is 0. The van der Waals surface area contributed by atoms with Crippen molar-refractivity contribution in [1.82, 2.24) is 0 Å². The van der Waals surface area contributed by atoms with E-state index < -0.39 is 32.5 Å². The maximum atomic E-state index is 13.5. The zero-order valence-corrected chi connectivity index (χ0v) is 13.5. The van der Waals surface area contributed by atoms with Crippen LogP contribution in [0.4, 0.5) is 4.39 Å². The van der Waals surface area contributed by atoms with E-state index in [9.17, 15) is 9.18 Å². The van der Waals surface area contributed by atoms with Gasteiger partial charge >= 0.3 is 5.97 Å². The molecule has 0 N–H and O–H groups in total. The van der Waals surface area contributed by atoms with Gasteiger partial charge < -0.3 is 13.9 Å². The lowest BCUT2D eigenvalue weighted by molar-refractivity contribution is -0.173. The molecule has 1 unspecified atom stereocenters. The van der Waals surface area contributed by atoms with E-state index >= 15 is 0 Å². The highest BCUT2D eigenvalue weighted by Gasteiger charge is 2.39. The minimum Gasteiger partial charge on any atom is -0.429 e. The van der Waals surface area contributed by atoms with Crippen molar-refractivity contribution >= 4 is 14.3 Å². The molecule has 2 atom stereocenters. The summed E-state index contributed by atoms with van der Waals surface area (Å²) in [5, 5.41) is 0.0865. The summed E-state index contributed by atoms with van der Waals surface area (Å²) in [4.78, 5) is 10.8. The molecule has 0 aromatic rings. The molecule has 4 nitrogen and oxygen atoms in total. The van der Waals surface area contributed by atoms with Crippen molar-refractivity contribution in [3.63, 3.8) is 0 Å². The molecule has 1 aliphatic rings. The first-order valence-corrected chi connectivity index (χ1v) is 9.27. The fourth-order valence-corrected chi connectivity index (χ4v) is 2.36. The Morgan fingerprint density at radius 3 is 2.53 bits per heavy atom. The number of esters is 1. The van der Waals surface area contributed by atoms with Gasteiger partial charge in [0.25, 0.3) is 6.29 Å². The quantitative estimate of drug-likeness (QED) is 0.589. The third kappa shape index (κ3) is 4.40. The molecule has 0 bridgehead atoms. The van der Waals surface area contributed by atoms with Crippen LogP contribution < -0.4 is 0 Å². The van der Waals surface area contributed by atoms with Crippen LogP contribution in [0.1, 0.15) is 27.7 Å². The lowest BCUT2D eigenvalue weighted by Gasteiger charge is -2.36. The molecule has 19 heavy (non-hydrogen) atoms. The summed E-state index contributed by atoms with van der Waals surface area (Å²) in [5.74, 6) is -1.14. The van der Waals surface area contributed by atoms with Gasteiger partial charge in [0.1, 0.15) is 6.10 Å². The van der Waals surface area contributed by atoms with Gasteiger partial charge in [-0.2, -0.15) is 0 Å². The minimum absolute atomic E-state index is 0.0865. The van der Waals surface area contributed by atoms with Crippen LogP contribution in [0.2, 0.25) is 18.1 Å². The van der Waals surface area contributed by atoms with Gasteiger partial charge in [-0.25, -0.2) is 4.39 Å². The number of hydrogen-bond donors (Lipinski definition) is 0. The summed E-state index contributed by atoms with van der Waals surface area (Å²) in [6, 6.07) is 0. The van der Waals surface area contributed by atoms with E-state index in [4.69, 9.17) is 13.9 Å². The van der Waals surface area contributed by atoms with Gasteiger partial charge in [0.2, 0.25) is 0 Å². The Morgan fingerprint density at radius 2 is 2.05 bits per heavy atom. The van der Waals surface area contributed by atoms with Crippen molar-refractivity contribution in [3.05, 3.63) is 11.9 Å². The second-order valence-corrected chi connectivity index (χ2v) is 11.0. The van der Waals surface area contributed by atoms with Gasteiger partial charge in [-0.3, -0.25) is 4.79 Å². The number of rotatable bonds is 4. The fraction of sp³-hybridized carbons (Fsp3) is 0.769. The van der Waals surface area contributed by atoms with Crippen molar-refractivity contribution in [2.75, 3.05) is 6.61 Å². The van der Waals surface area contributed by atoms with Crippen molar-refractivity contribution in [3.8, 4) is 0 Å². The van der Waals surface area contributed by atoms with Crippen molar-refractivity contribution in [1.29, 1.82) is 0 Å². The van der Waals surface area contributed by atoms with E-state index in [1.54, 1.807) is 0 Å². The molecule has 0 radical (unpaired) electrons. The molecule has 110 valence electrons. The molecule has 0 aromatic carbocycles. The summed E-state index contributed by atoms with van der Waals surface area (Å²) < 4.78 is 29.4. The average molecular weight is 290 g/mol. The van der Waals surface area contributed by atoms with E-state index in [1.807, 2.05) is 0 Å². The molecule has 1 rings (SSSR count). The molecule has 0 aromatic heterocycles. The molecule has 1 aliphatic heterocycles. The Hall–Kier alpha value is -0.723. The Labute approximate surface area is 115 Å². The Kier molecular flexibility index (Phi) is 4.92. The monoisotopic (exact) mass is 290 g/mol. The van der Waals surface area contributed by atoms with E-state index in [0.29, 0.717) is 0 Å². The standard InChI is InChI=1S/C13H23FO4Si/c1-9(15)17-12-11(14)7-10(18-12)8-16-19(5,6)13(2,3)4/h7,10,12H,8H2,1-6H3/t10-,12?/m1/s1. The fourth-order valence-electron chi connectivity index (χ4n) is 1.35. The molecule has 6 heteroatoms. The molecule has 0 fully saturated rings. The Balaban J connectivity index is 2.51. The van der Waals surface area contributed by atoms with Crippen LogP contribution in [0.25, 0.3) is 0 Å².